The largest absolute Gasteiger partial charge is 0.386 e. The van der Waals surface area contributed by atoms with Crippen molar-refractivity contribution in [3.63, 3.8) is 0 Å². The van der Waals surface area contributed by atoms with E-state index < -0.39 is 11.2 Å². The molecule has 0 radical (unpaired) electrons. The number of hydrogen-bond donors (Lipinski definition) is 2. The van der Waals surface area contributed by atoms with Gasteiger partial charge in [-0.25, -0.2) is 0 Å². The summed E-state index contributed by atoms with van der Waals surface area (Å²) in [5, 5.41) is 21.3. The second kappa shape index (κ2) is 5.14. The Hall–Kier alpha value is -0.340. The van der Waals surface area contributed by atoms with Gasteiger partial charge in [0, 0.05) is 0 Å². The molecule has 0 bridgehead atoms. The maximum absolute atomic E-state index is 10.7. The average molecular weight is 280 g/mol. The summed E-state index contributed by atoms with van der Waals surface area (Å²) in [6.45, 7) is 9.08. The highest BCUT2D eigenvalue weighted by atomic mass is 16.3. The van der Waals surface area contributed by atoms with Crippen LogP contribution in [0.25, 0.3) is 0 Å². The first-order valence-electron chi connectivity index (χ1n) is 8.19. The van der Waals surface area contributed by atoms with E-state index in [1.54, 1.807) is 0 Å². The molecule has 0 unspecified atom stereocenters. The van der Waals surface area contributed by atoms with Crippen molar-refractivity contribution < 1.29 is 10.2 Å². The van der Waals surface area contributed by atoms with Crippen molar-refractivity contribution in [2.24, 2.45) is 10.8 Å². The molecule has 0 aromatic carbocycles. The zero-order valence-electron chi connectivity index (χ0n) is 13.7. The lowest BCUT2D eigenvalue weighted by Crippen LogP contribution is -2.38. The van der Waals surface area contributed by atoms with Gasteiger partial charge in [-0.15, -0.1) is 0 Å². The van der Waals surface area contributed by atoms with E-state index in [4.69, 9.17) is 0 Å². The highest BCUT2D eigenvalue weighted by Gasteiger charge is 2.38. The van der Waals surface area contributed by atoms with Gasteiger partial charge in [0.05, 0.1) is 11.2 Å². The third-order valence-corrected chi connectivity index (χ3v) is 5.64. The molecule has 0 aromatic heterocycles. The van der Waals surface area contributed by atoms with E-state index >= 15 is 0 Å². The van der Waals surface area contributed by atoms with Crippen LogP contribution in [-0.2, 0) is 0 Å². The summed E-state index contributed by atoms with van der Waals surface area (Å²) in [4.78, 5) is 0. The molecule has 2 aliphatic rings. The lowest BCUT2D eigenvalue weighted by molar-refractivity contribution is 0.000669. The topological polar surface area (TPSA) is 40.5 Å². The van der Waals surface area contributed by atoms with Gasteiger partial charge in [0.15, 0.2) is 0 Å². The van der Waals surface area contributed by atoms with Crippen LogP contribution in [-0.4, -0.2) is 21.4 Å². The molecular formula is C18H32O2. The van der Waals surface area contributed by atoms with Crippen LogP contribution in [0.3, 0.4) is 0 Å². The molecule has 2 rings (SSSR count). The molecule has 0 spiro atoms. The molecule has 2 saturated carbocycles. The number of hydrogen-bond acceptors (Lipinski definition) is 2. The third-order valence-electron chi connectivity index (χ3n) is 5.64. The Labute approximate surface area is 124 Å². The van der Waals surface area contributed by atoms with Crippen LogP contribution in [0.2, 0.25) is 0 Å². The molecule has 2 nitrogen and oxygen atoms in total. The van der Waals surface area contributed by atoms with Gasteiger partial charge >= 0.3 is 0 Å². The average Bonchev–Trinajstić information content (AvgIpc) is 2.36. The monoisotopic (exact) mass is 280 g/mol. The Kier molecular flexibility index (Phi) is 4.12. The Morgan fingerprint density at radius 1 is 0.550 bits per heavy atom. The maximum atomic E-state index is 10.7. The van der Waals surface area contributed by atoms with Crippen molar-refractivity contribution in [3.05, 3.63) is 12.2 Å². The minimum absolute atomic E-state index is 0.353. The molecule has 2 N–H and O–H groups in total. The van der Waals surface area contributed by atoms with Crippen molar-refractivity contribution >= 4 is 0 Å². The van der Waals surface area contributed by atoms with Crippen LogP contribution in [0, 0.1) is 10.8 Å². The van der Waals surface area contributed by atoms with E-state index in [-0.39, 0.29) is 0 Å². The van der Waals surface area contributed by atoms with E-state index in [9.17, 15) is 10.2 Å². The van der Waals surface area contributed by atoms with E-state index in [2.05, 4.69) is 27.7 Å². The Morgan fingerprint density at radius 3 is 1.05 bits per heavy atom. The highest BCUT2D eigenvalue weighted by molar-refractivity contribution is 5.12. The van der Waals surface area contributed by atoms with Crippen LogP contribution < -0.4 is 0 Å². The maximum Gasteiger partial charge on any atom is 0.0829 e. The molecule has 0 atom stereocenters. The van der Waals surface area contributed by atoms with Crippen LogP contribution in [0.4, 0.5) is 0 Å². The van der Waals surface area contributed by atoms with E-state index in [1.807, 2.05) is 12.2 Å². The van der Waals surface area contributed by atoms with Gasteiger partial charge in [-0.05, 0) is 62.2 Å². The minimum atomic E-state index is -0.696. The number of rotatable bonds is 2. The van der Waals surface area contributed by atoms with Crippen molar-refractivity contribution in [2.45, 2.75) is 90.3 Å². The molecule has 0 heterocycles. The molecular weight excluding hydrogens is 248 g/mol. The van der Waals surface area contributed by atoms with Crippen molar-refractivity contribution in [3.8, 4) is 0 Å². The molecule has 2 fully saturated rings. The molecule has 0 amide bonds. The quantitative estimate of drug-likeness (QED) is 0.744. The molecule has 2 heteroatoms. The predicted molar refractivity (Wildman–Crippen MR) is 83.5 cm³/mol. The van der Waals surface area contributed by atoms with Gasteiger partial charge in [0.2, 0.25) is 0 Å². The Balaban J connectivity index is 1.96. The SMILES string of the molecule is CC1(C)CCC(O)(/C=C/C2(O)CCC(C)(C)CC2)CC1. The first-order valence-corrected chi connectivity index (χ1v) is 8.19. The van der Waals surface area contributed by atoms with Gasteiger partial charge in [-0.1, -0.05) is 39.8 Å². The molecule has 20 heavy (non-hydrogen) atoms. The Bertz CT molecular complexity index is 323. The summed E-state index contributed by atoms with van der Waals surface area (Å²) < 4.78 is 0. The third kappa shape index (κ3) is 4.08. The van der Waals surface area contributed by atoms with Crippen LogP contribution in [0.5, 0.6) is 0 Å². The lowest BCUT2D eigenvalue weighted by atomic mass is 9.69. The van der Waals surface area contributed by atoms with Crippen LogP contribution >= 0.6 is 0 Å². The van der Waals surface area contributed by atoms with Crippen LogP contribution in [0.1, 0.15) is 79.1 Å². The molecule has 0 aromatic rings. The normalized spacial score (nSPS) is 31.3. The summed E-state index contributed by atoms with van der Waals surface area (Å²) in [6, 6.07) is 0. The summed E-state index contributed by atoms with van der Waals surface area (Å²) >= 11 is 0. The van der Waals surface area contributed by atoms with E-state index in [0.717, 1.165) is 51.4 Å². The molecule has 116 valence electrons. The van der Waals surface area contributed by atoms with Gasteiger partial charge in [-0.3, -0.25) is 0 Å². The Morgan fingerprint density at radius 2 is 0.800 bits per heavy atom. The standard InChI is InChI=1S/C18H32O2/c1-15(2)5-9-17(19,10-6-15)13-14-18(20)11-7-16(3,4)8-12-18/h13-14,19-20H,5-12H2,1-4H3/b14-13+. The van der Waals surface area contributed by atoms with E-state index in [1.165, 1.54) is 0 Å². The minimum Gasteiger partial charge on any atom is -0.386 e. The second-order valence-corrected chi connectivity index (χ2v) is 8.87. The smallest absolute Gasteiger partial charge is 0.0829 e. The summed E-state index contributed by atoms with van der Waals surface area (Å²) in [5.74, 6) is 0. The summed E-state index contributed by atoms with van der Waals surface area (Å²) in [5.41, 5.74) is -0.686. The predicted octanol–water partition coefficient (Wildman–Crippen LogP) is 4.21. The summed E-state index contributed by atoms with van der Waals surface area (Å²) in [6.07, 6.45) is 11.3. The fourth-order valence-electron chi connectivity index (χ4n) is 3.36. The zero-order valence-corrected chi connectivity index (χ0v) is 13.7. The fourth-order valence-corrected chi connectivity index (χ4v) is 3.36. The molecule has 0 saturated heterocycles. The molecule has 2 aliphatic carbocycles. The fraction of sp³-hybridized carbons (Fsp3) is 0.889. The molecule has 0 aliphatic heterocycles. The lowest BCUT2D eigenvalue weighted by Gasteiger charge is -2.41. The van der Waals surface area contributed by atoms with Gasteiger partial charge in [-0.2, -0.15) is 0 Å². The second-order valence-electron chi connectivity index (χ2n) is 8.87. The van der Waals surface area contributed by atoms with Crippen molar-refractivity contribution in [1.82, 2.24) is 0 Å². The first-order chi connectivity index (χ1) is 9.04. The van der Waals surface area contributed by atoms with Gasteiger partial charge in [0.1, 0.15) is 0 Å². The van der Waals surface area contributed by atoms with Crippen LogP contribution in [0.15, 0.2) is 12.2 Å². The van der Waals surface area contributed by atoms with Crippen molar-refractivity contribution in [2.75, 3.05) is 0 Å². The van der Waals surface area contributed by atoms with Gasteiger partial charge in [0.25, 0.3) is 0 Å². The van der Waals surface area contributed by atoms with E-state index in [0.29, 0.717) is 10.8 Å². The summed E-state index contributed by atoms with van der Waals surface area (Å²) in [7, 11) is 0. The highest BCUT2D eigenvalue weighted by Crippen LogP contribution is 2.43. The first kappa shape index (κ1) is 16.0. The van der Waals surface area contributed by atoms with Gasteiger partial charge < -0.3 is 10.2 Å². The van der Waals surface area contributed by atoms with Crippen molar-refractivity contribution in [1.29, 1.82) is 0 Å². The number of aliphatic hydroxyl groups is 2. The zero-order chi connectivity index (χ0) is 15.1.